The number of hydrogen-bond acceptors (Lipinski definition) is 2. The van der Waals surface area contributed by atoms with Gasteiger partial charge < -0.3 is 0 Å². The van der Waals surface area contributed by atoms with Crippen molar-refractivity contribution in [3.63, 3.8) is 0 Å². The van der Waals surface area contributed by atoms with E-state index in [1.807, 2.05) is 0 Å². The summed E-state index contributed by atoms with van der Waals surface area (Å²) in [6.45, 7) is 18.9. The molecule has 62 heavy (non-hydrogen) atoms. The predicted molar refractivity (Wildman–Crippen MR) is 276 cm³/mol. The Kier molecular flexibility index (Phi) is 21.5. The zero-order valence-electron chi connectivity index (χ0n) is 41.1. The van der Waals surface area contributed by atoms with E-state index < -0.39 is 0 Å². The molecule has 0 aromatic heterocycles. The highest BCUT2D eigenvalue weighted by atomic mass is 14.9. The summed E-state index contributed by atoms with van der Waals surface area (Å²) < 4.78 is 0. The summed E-state index contributed by atoms with van der Waals surface area (Å²) in [6, 6.07) is 28.5. The van der Waals surface area contributed by atoms with E-state index in [1.165, 1.54) is 210 Å². The highest BCUT2D eigenvalue weighted by Gasteiger charge is 2.31. The number of unbranched alkanes of at least 4 members (excludes halogenated alkanes) is 8. The van der Waals surface area contributed by atoms with Gasteiger partial charge in [0.15, 0.2) is 0 Å². The molecule has 1 aliphatic carbocycles. The molecule has 0 heterocycles. The first-order valence-electron chi connectivity index (χ1n) is 26.4. The van der Waals surface area contributed by atoms with Crippen molar-refractivity contribution in [1.82, 2.24) is 0 Å². The van der Waals surface area contributed by atoms with Gasteiger partial charge in [-0.1, -0.05) is 231 Å². The second kappa shape index (κ2) is 27.0. The van der Waals surface area contributed by atoms with Crippen LogP contribution in [0.4, 0.5) is 11.4 Å². The number of aliphatic imine (C=N–C) groups is 2. The summed E-state index contributed by atoms with van der Waals surface area (Å²) in [6.07, 6.45) is 29.7. The Morgan fingerprint density at radius 2 is 0.565 bits per heavy atom. The fourth-order valence-electron chi connectivity index (χ4n) is 10.6. The SMILES string of the molecule is CCCCC(CCCC)c1cccc(C(CCCC)CCCC)c1N=C1C(=Nc2c(C(CCCC)CCCC)cccc2C(CCCC)CCCC)c2cccc3cccc1c23. The van der Waals surface area contributed by atoms with Gasteiger partial charge in [0.2, 0.25) is 0 Å². The standard InChI is InChI=1S/C60H88N2/c1-9-17-29-45(30-18-10-2)50-39-27-40-51(46(31-19-11-3)32-20-12-4)57(50)61-59-54-43-25-37-49-38-26-44-55(56(49)54)60(59)62-58-52(47(33-21-13-5)34-22-14-6)41-28-42-53(58)48(35-23-15-7)36-24-16-8/h25-28,37-48H,9-24,29-36H2,1-8H3. The van der Waals surface area contributed by atoms with E-state index in [0.29, 0.717) is 23.7 Å². The smallest absolute Gasteiger partial charge is 0.0979 e. The van der Waals surface area contributed by atoms with Crippen LogP contribution in [0.3, 0.4) is 0 Å². The minimum Gasteiger partial charge on any atom is -0.245 e. The Labute approximate surface area is 381 Å². The van der Waals surface area contributed by atoms with E-state index >= 15 is 0 Å². The van der Waals surface area contributed by atoms with E-state index in [1.54, 1.807) is 0 Å². The maximum Gasteiger partial charge on any atom is 0.0979 e. The van der Waals surface area contributed by atoms with Gasteiger partial charge in [-0.3, -0.25) is 0 Å². The van der Waals surface area contributed by atoms with E-state index in [-0.39, 0.29) is 0 Å². The number of nitrogens with zero attached hydrogens (tertiary/aromatic N) is 2. The Balaban J connectivity index is 1.89. The number of benzene rings is 4. The van der Waals surface area contributed by atoms with Gasteiger partial charge in [0, 0.05) is 16.5 Å². The molecule has 0 saturated heterocycles. The number of hydrogen-bond donors (Lipinski definition) is 0. The van der Waals surface area contributed by atoms with Crippen molar-refractivity contribution in [2.24, 2.45) is 9.98 Å². The van der Waals surface area contributed by atoms with Crippen LogP contribution >= 0.6 is 0 Å². The molecule has 0 spiro atoms. The van der Waals surface area contributed by atoms with Crippen molar-refractivity contribution in [3.8, 4) is 0 Å². The molecule has 0 bridgehead atoms. The predicted octanol–water partition coefficient (Wildman–Crippen LogP) is 20.0. The first-order chi connectivity index (χ1) is 30.5. The lowest BCUT2D eigenvalue weighted by atomic mass is 9.82. The van der Waals surface area contributed by atoms with E-state index in [4.69, 9.17) is 9.98 Å². The lowest BCUT2D eigenvalue weighted by molar-refractivity contribution is 0.515. The van der Waals surface area contributed by atoms with Crippen molar-refractivity contribution < 1.29 is 0 Å². The number of para-hydroxylation sites is 2. The maximum absolute atomic E-state index is 6.18. The summed E-state index contributed by atoms with van der Waals surface area (Å²) in [5.41, 5.74) is 13.2. The van der Waals surface area contributed by atoms with Crippen LogP contribution in [0.15, 0.2) is 82.8 Å². The quantitative estimate of drug-likeness (QED) is 0.0500. The van der Waals surface area contributed by atoms with Crippen molar-refractivity contribution in [2.75, 3.05) is 0 Å². The molecule has 1 aliphatic rings. The van der Waals surface area contributed by atoms with Crippen LogP contribution in [0.5, 0.6) is 0 Å². The van der Waals surface area contributed by atoms with Gasteiger partial charge in [-0.05, 0) is 103 Å². The van der Waals surface area contributed by atoms with Crippen molar-refractivity contribution in [3.05, 3.63) is 106 Å². The molecule has 338 valence electrons. The van der Waals surface area contributed by atoms with Gasteiger partial charge in [0.25, 0.3) is 0 Å². The third-order valence-corrected chi connectivity index (χ3v) is 14.3. The Morgan fingerprint density at radius 3 is 0.806 bits per heavy atom. The molecule has 5 rings (SSSR count). The van der Waals surface area contributed by atoms with Gasteiger partial charge in [-0.15, -0.1) is 0 Å². The van der Waals surface area contributed by atoms with Gasteiger partial charge in [0.1, 0.15) is 0 Å². The second-order valence-electron chi connectivity index (χ2n) is 19.1. The molecule has 0 unspecified atom stereocenters. The highest BCUT2D eigenvalue weighted by molar-refractivity contribution is 6.61. The van der Waals surface area contributed by atoms with Crippen LogP contribution in [0.25, 0.3) is 10.8 Å². The average molecular weight is 837 g/mol. The van der Waals surface area contributed by atoms with Gasteiger partial charge in [-0.25, -0.2) is 9.98 Å². The molecule has 4 aromatic rings. The molecule has 0 radical (unpaired) electrons. The van der Waals surface area contributed by atoms with E-state index in [0.717, 1.165) is 11.4 Å². The molecule has 0 N–H and O–H groups in total. The molecular weight excluding hydrogens is 749 g/mol. The molecule has 0 fully saturated rings. The minimum atomic E-state index is 0.510. The average Bonchev–Trinajstić information content (AvgIpc) is 3.59. The van der Waals surface area contributed by atoms with Crippen molar-refractivity contribution in [2.45, 2.75) is 233 Å². The van der Waals surface area contributed by atoms with E-state index in [2.05, 4.69) is 128 Å². The molecule has 2 nitrogen and oxygen atoms in total. The lowest BCUT2D eigenvalue weighted by Gasteiger charge is -2.26. The van der Waals surface area contributed by atoms with Crippen LogP contribution in [0.1, 0.15) is 267 Å². The largest absolute Gasteiger partial charge is 0.245 e. The third kappa shape index (κ3) is 12.8. The van der Waals surface area contributed by atoms with Crippen LogP contribution in [0.2, 0.25) is 0 Å². The first kappa shape index (κ1) is 49.5. The minimum absolute atomic E-state index is 0.510. The molecule has 0 amide bonds. The Hall–Kier alpha value is -3.52. The zero-order chi connectivity index (χ0) is 44.1. The van der Waals surface area contributed by atoms with Crippen molar-refractivity contribution in [1.29, 1.82) is 0 Å². The summed E-state index contributed by atoms with van der Waals surface area (Å²) in [5.74, 6) is 2.04. The normalized spacial score (nSPS) is 14.1. The fourth-order valence-corrected chi connectivity index (χ4v) is 10.6. The maximum atomic E-state index is 6.18. The summed E-state index contributed by atoms with van der Waals surface area (Å²) in [5, 5.41) is 2.62. The molecule has 0 aliphatic heterocycles. The third-order valence-electron chi connectivity index (χ3n) is 14.3. The van der Waals surface area contributed by atoms with Gasteiger partial charge in [0.05, 0.1) is 22.8 Å². The van der Waals surface area contributed by atoms with Crippen LogP contribution < -0.4 is 0 Å². The Bertz CT molecular complexity index is 1730. The Morgan fingerprint density at radius 1 is 0.323 bits per heavy atom. The topological polar surface area (TPSA) is 24.7 Å². The first-order valence-corrected chi connectivity index (χ1v) is 26.4. The van der Waals surface area contributed by atoms with E-state index in [9.17, 15) is 0 Å². The molecule has 0 saturated carbocycles. The monoisotopic (exact) mass is 837 g/mol. The molecule has 2 heteroatoms. The van der Waals surface area contributed by atoms with Gasteiger partial charge in [-0.2, -0.15) is 0 Å². The molecule has 4 aromatic carbocycles. The summed E-state index contributed by atoms with van der Waals surface area (Å²) >= 11 is 0. The highest BCUT2D eigenvalue weighted by Crippen LogP contribution is 2.46. The van der Waals surface area contributed by atoms with Crippen LogP contribution in [-0.4, -0.2) is 11.4 Å². The second-order valence-corrected chi connectivity index (χ2v) is 19.1. The van der Waals surface area contributed by atoms with Crippen LogP contribution in [-0.2, 0) is 0 Å². The van der Waals surface area contributed by atoms with Crippen LogP contribution in [0, 0.1) is 0 Å². The molecule has 0 atom stereocenters. The van der Waals surface area contributed by atoms with Crippen molar-refractivity contribution >= 4 is 33.6 Å². The summed E-state index contributed by atoms with van der Waals surface area (Å²) in [7, 11) is 0. The van der Waals surface area contributed by atoms with Gasteiger partial charge >= 0.3 is 0 Å². The summed E-state index contributed by atoms with van der Waals surface area (Å²) in [4.78, 5) is 12.4. The fraction of sp³-hybridized carbons (Fsp3) is 0.600. The lowest BCUT2D eigenvalue weighted by Crippen LogP contribution is -2.13. The molecular formula is C60H88N2. The number of rotatable bonds is 30. The zero-order valence-corrected chi connectivity index (χ0v) is 41.1.